The van der Waals surface area contributed by atoms with Gasteiger partial charge in [0, 0.05) is 38.9 Å². The fourth-order valence-corrected chi connectivity index (χ4v) is 3.42. The second kappa shape index (κ2) is 8.35. The van der Waals surface area contributed by atoms with Crippen molar-refractivity contribution in [1.29, 1.82) is 0 Å². The first kappa shape index (κ1) is 19.1. The standard InChI is InChI=1S/C22H29N5/c1-6-27(7-2)19-13-14-20(17(3)15-19)23-24-22-16-21(25(4)26(22)5)18-11-9-8-10-12-18/h8-16,22H,6-7H2,1-5H3/p+1. The number of rotatable bonds is 6. The van der Waals surface area contributed by atoms with Crippen molar-refractivity contribution < 1.29 is 5.11 Å². The minimum atomic E-state index is 0.0204. The highest BCUT2D eigenvalue weighted by atomic mass is 15.7. The van der Waals surface area contributed by atoms with E-state index in [2.05, 4.69) is 109 Å². The van der Waals surface area contributed by atoms with Crippen molar-refractivity contribution in [1.82, 2.24) is 10.0 Å². The number of hydrogen-bond acceptors (Lipinski definition) is 4. The molecule has 1 aliphatic heterocycles. The van der Waals surface area contributed by atoms with E-state index in [9.17, 15) is 0 Å². The van der Waals surface area contributed by atoms with Gasteiger partial charge in [0.05, 0.1) is 5.70 Å². The smallest absolute Gasteiger partial charge is 0.269 e. The SMILES string of the molecule is CCN(CC)c1ccc(N=[NH+]C2C=C(c3ccccc3)N(C)N2C)c(C)c1. The molecule has 0 amide bonds. The van der Waals surface area contributed by atoms with Crippen LogP contribution in [0.5, 0.6) is 0 Å². The lowest BCUT2D eigenvalue weighted by atomic mass is 10.1. The van der Waals surface area contributed by atoms with Crippen molar-refractivity contribution >= 4 is 17.1 Å². The van der Waals surface area contributed by atoms with Gasteiger partial charge in [-0.15, -0.1) is 5.11 Å². The van der Waals surface area contributed by atoms with Crippen LogP contribution in [0.3, 0.4) is 0 Å². The van der Waals surface area contributed by atoms with E-state index in [1.165, 1.54) is 22.5 Å². The summed E-state index contributed by atoms with van der Waals surface area (Å²) in [7, 11) is 4.14. The molecule has 0 saturated carbocycles. The van der Waals surface area contributed by atoms with Gasteiger partial charge in [0.1, 0.15) is 5.69 Å². The van der Waals surface area contributed by atoms with Crippen LogP contribution in [0.1, 0.15) is 25.0 Å². The summed E-state index contributed by atoms with van der Waals surface area (Å²) >= 11 is 0. The molecule has 0 aliphatic carbocycles. The number of benzene rings is 2. The lowest BCUT2D eigenvalue weighted by molar-refractivity contribution is -0.585. The Morgan fingerprint density at radius 1 is 1.04 bits per heavy atom. The van der Waals surface area contributed by atoms with Crippen LogP contribution < -0.4 is 10.0 Å². The molecule has 142 valence electrons. The summed E-state index contributed by atoms with van der Waals surface area (Å²) in [5, 5.41) is 12.3. The van der Waals surface area contributed by atoms with E-state index in [1.54, 1.807) is 0 Å². The zero-order valence-electron chi connectivity index (χ0n) is 17.0. The van der Waals surface area contributed by atoms with E-state index in [1.807, 2.05) is 6.07 Å². The van der Waals surface area contributed by atoms with E-state index in [-0.39, 0.29) is 6.17 Å². The first-order valence-electron chi connectivity index (χ1n) is 9.60. The molecule has 27 heavy (non-hydrogen) atoms. The summed E-state index contributed by atoms with van der Waals surface area (Å²) in [4.78, 5) is 2.35. The van der Waals surface area contributed by atoms with E-state index in [0.29, 0.717) is 0 Å². The number of anilines is 1. The topological polar surface area (TPSA) is 36.1 Å². The van der Waals surface area contributed by atoms with E-state index in [0.717, 1.165) is 18.8 Å². The number of likely N-dealkylation sites (N-methyl/N-ethyl adjacent to an activating group) is 1. The summed E-state index contributed by atoms with van der Waals surface area (Å²) < 4.78 is 0. The van der Waals surface area contributed by atoms with Gasteiger partial charge in [-0.1, -0.05) is 30.3 Å². The van der Waals surface area contributed by atoms with Crippen LogP contribution >= 0.6 is 0 Å². The van der Waals surface area contributed by atoms with Gasteiger partial charge in [-0.25, -0.2) is 0 Å². The minimum absolute atomic E-state index is 0.0204. The molecule has 2 aromatic carbocycles. The van der Waals surface area contributed by atoms with Crippen LogP contribution in [-0.2, 0) is 0 Å². The molecule has 0 fully saturated rings. The Kier molecular flexibility index (Phi) is 5.91. The predicted octanol–water partition coefficient (Wildman–Crippen LogP) is 3.16. The Morgan fingerprint density at radius 2 is 1.74 bits per heavy atom. The monoisotopic (exact) mass is 364 g/mol. The van der Waals surface area contributed by atoms with Crippen LogP contribution in [0.2, 0.25) is 0 Å². The lowest BCUT2D eigenvalue weighted by Gasteiger charge is -2.24. The molecular weight excluding hydrogens is 334 g/mol. The number of nitrogens with one attached hydrogen (secondary N) is 1. The van der Waals surface area contributed by atoms with Gasteiger partial charge in [-0.3, -0.25) is 0 Å². The Labute approximate surface area is 162 Å². The third kappa shape index (κ3) is 4.03. The van der Waals surface area contributed by atoms with Gasteiger partial charge >= 0.3 is 0 Å². The van der Waals surface area contributed by atoms with Crippen LogP contribution in [-0.4, -0.2) is 43.4 Å². The quantitative estimate of drug-likeness (QED) is 0.800. The number of hydrazine groups is 1. The fourth-order valence-electron chi connectivity index (χ4n) is 3.42. The molecule has 5 nitrogen and oxygen atoms in total. The van der Waals surface area contributed by atoms with Gasteiger partial charge in [0.2, 0.25) is 0 Å². The second-order valence-electron chi connectivity index (χ2n) is 6.84. The molecule has 0 aromatic heterocycles. The van der Waals surface area contributed by atoms with Crippen LogP contribution in [0.15, 0.2) is 59.7 Å². The summed E-state index contributed by atoms with van der Waals surface area (Å²) in [6.45, 7) is 8.50. The second-order valence-corrected chi connectivity index (χ2v) is 6.84. The molecule has 1 aliphatic rings. The number of aryl methyl sites for hydroxylation is 1. The van der Waals surface area contributed by atoms with Crippen LogP contribution in [0.25, 0.3) is 5.70 Å². The maximum atomic E-state index is 4.67. The molecule has 0 radical (unpaired) electrons. The largest absolute Gasteiger partial charge is 0.372 e. The fraction of sp³-hybridized carbons (Fsp3) is 0.364. The average molecular weight is 365 g/mol. The zero-order valence-corrected chi connectivity index (χ0v) is 17.0. The molecule has 1 atom stereocenters. The number of hydrogen-bond donors (Lipinski definition) is 1. The van der Waals surface area contributed by atoms with Crippen molar-refractivity contribution in [3.8, 4) is 0 Å². The summed E-state index contributed by atoms with van der Waals surface area (Å²) in [6, 6.07) is 16.9. The van der Waals surface area contributed by atoms with Gasteiger partial charge in [0.25, 0.3) is 6.17 Å². The van der Waals surface area contributed by atoms with Crippen LogP contribution in [0, 0.1) is 6.92 Å². The molecule has 1 unspecified atom stereocenters. The summed E-state index contributed by atoms with van der Waals surface area (Å²) in [5.41, 5.74) is 5.78. The third-order valence-corrected chi connectivity index (χ3v) is 5.24. The first-order valence-corrected chi connectivity index (χ1v) is 9.60. The van der Waals surface area contributed by atoms with Gasteiger partial charge in [0.15, 0.2) is 0 Å². The maximum absolute atomic E-state index is 4.67. The highest BCUT2D eigenvalue weighted by molar-refractivity contribution is 5.65. The summed E-state index contributed by atoms with van der Waals surface area (Å²) in [5.74, 6) is 0. The highest BCUT2D eigenvalue weighted by Gasteiger charge is 2.31. The van der Waals surface area contributed by atoms with Crippen molar-refractivity contribution in [3.05, 3.63) is 65.7 Å². The molecule has 2 aromatic rings. The predicted molar refractivity (Wildman–Crippen MR) is 112 cm³/mol. The average Bonchev–Trinajstić information content (AvgIpc) is 2.97. The first-order chi connectivity index (χ1) is 13.0. The van der Waals surface area contributed by atoms with E-state index >= 15 is 0 Å². The molecule has 1 N–H and O–H groups in total. The molecule has 0 spiro atoms. The highest BCUT2D eigenvalue weighted by Crippen LogP contribution is 2.26. The minimum Gasteiger partial charge on any atom is -0.372 e. The van der Waals surface area contributed by atoms with Crippen molar-refractivity contribution in [3.63, 3.8) is 0 Å². The van der Waals surface area contributed by atoms with Crippen molar-refractivity contribution in [2.24, 2.45) is 5.11 Å². The Morgan fingerprint density at radius 3 is 2.37 bits per heavy atom. The Balaban J connectivity index is 1.80. The third-order valence-electron chi connectivity index (χ3n) is 5.24. The van der Waals surface area contributed by atoms with E-state index in [4.69, 9.17) is 0 Å². The molecular formula is C22H30N5+. The van der Waals surface area contributed by atoms with Gasteiger partial charge in [-0.05, 0) is 55.2 Å². The van der Waals surface area contributed by atoms with Gasteiger partial charge in [-0.2, -0.15) is 5.01 Å². The molecule has 1 heterocycles. The normalized spacial score (nSPS) is 17.6. The maximum Gasteiger partial charge on any atom is 0.269 e. The van der Waals surface area contributed by atoms with Gasteiger partial charge < -0.3 is 9.91 Å². The molecule has 3 rings (SSSR count). The zero-order chi connectivity index (χ0) is 19.4. The number of azo groups is 1. The molecule has 0 saturated heterocycles. The Hall–Kier alpha value is -2.66. The van der Waals surface area contributed by atoms with Crippen molar-refractivity contribution in [2.75, 3.05) is 32.1 Å². The van der Waals surface area contributed by atoms with Crippen molar-refractivity contribution in [2.45, 2.75) is 26.9 Å². The molecule has 0 bridgehead atoms. The molecule has 5 heteroatoms. The summed E-state index contributed by atoms with van der Waals surface area (Å²) in [6.07, 6.45) is 2.23. The lowest BCUT2D eigenvalue weighted by Crippen LogP contribution is -2.77. The number of nitrogens with zero attached hydrogens (tertiary/aromatic N) is 4. The Bertz CT molecular complexity index is 824. The van der Waals surface area contributed by atoms with E-state index < -0.39 is 0 Å². The van der Waals surface area contributed by atoms with Crippen LogP contribution in [0.4, 0.5) is 11.4 Å².